The second-order valence-electron chi connectivity index (χ2n) is 8.38. The Morgan fingerprint density at radius 1 is 1.00 bits per heavy atom. The maximum atomic E-state index is 14.3. The van der Waals surface area contributed by atoms with Gasteiger partial charge in [0.15, 0.2) is 11.6 Å². The van der Waals surface area contributed by atoms with Crippen LogP contribution in [0.4, 0.5) is 8.78 Å². The van der Waals surface area contributed by atoms with Crippen LogP contribution in [0.3, 0.4) is 0 Å². The minimum absolute atomic E-state index is 0.385. The van der Waals surface area contributed by atoms with Crippen LogP contribution in [0.1, 0.15) is 29.9 Å². The Morgan fingerprint density at radius 3 is 2.46 bits per heavy atom. The van der Waals surface area contributed by atoms with Gasteiger partial charge < -0.3 is 4.74 Å². The highest BCUT2D eigenvalue weighted by molar-refractivity contribution is 5.33. The summed E-state index contributed by atoms with van der Waals surface area (Å²) < 4.78 is 33.4. The van der Waals surface area contributed by atoms with Crippen molar-refractivity contribution >= 4 is 0 Å². The predicted octanol–water partition coefficient (Wildman–Crippen LogP) is 4.04. The lowest BCUT2D eigenvalue weighted by Crippen LogP contribution is -2.60. The van der Waals surface area contributed by atoms with Gasteiger partial charge in [0.25, 0.3) is 0 Å². The van der Waals surface area contributed by atoms with Crippen molar-refractivity contribution in [2.75, 3.05) is 26.7 Å². The van der Waals surface area contributed by atoms with Crippen molar-refractivity contribution in [3.63, 3.8) is 0 Å². The lowest BCUT2D eigenvalue weighted by Gasteiger charge is -2.51. The lowest BCUT2D eigenvalue weighted by molar-refractivity contribution is -0.00895. The van der Waals surface area contributed by atoms with Crippen molar-refractivity contribution in [1.82, 2.24) is 9.80 Å². The third-order valence-corrected chi connectivity index (χ3v) is 7.04. The third kappa shape index (κ3) is 2.92. The van der Waals surface area contributed by atoms with Crippen LogP contribution in [-0.4, -0.2) is 48.6 Å². The van der Waals surface area contributed by atoms with Crippen LogP contribution in [0.15, 0.2) is 42.5 Å². The number of methoxy groups -OCH3 is 1. The van der Waals surface area contributed by atoms with Gasteiger partial charge in [-0.2, -0.15) is 0 Å². The van der Waals surface area contributed by atoms with Crippen LogP contribution in [0.25, 0.3) is 0 Å². The van der Waals surface area contributed by atoms with Gasteiger partial charge in [-0.1, -0.05) is 24.3 Å². The van der Waals surface area contributed by atoms with E-state index in [1.54, 1.807) is 19.2 Å². The number of piperidine rings is 3. The average Bonchev–Trinajstić information content (AvgIpc) is 3.14. The Morgan fingerprint density at radius 2 is 1.75 bits per heavy atom. The Labute approximate surface area is 164 Å². The molecule has 5 heteroatoms. The Hall–Kier alpha value is -1.98. The van der Waals surface area contributed by atoms with Crippen molar-refractivity contribution in [2.45, 2.75) is 37.4 Å². The van der Waals surface area contributed by atoms with Crippen molar-refractivity contribution in [3.05, 3.63) is 65.2 Å². The SMILES string of the molecule is COc1ccc([C@@H]2CN(Cc3cccc(F)c3F)[C@@H]3C4CCN(CC4)[C@@H]32)cc1. The summed E-state index contributed by atoms with van der Waals surface area (Å²) in [5, 5.41) is 0. The van der Waals surface area contributed by atoms with E-state index in [1.807, 2.05) is 12.1 Å². The summed E-state index contributed by atoms with van der Waals surface area (Å²) >= 11 is 0. The standard InChI is InChI=1S/C23H26F2N2O/c1-28-18-7-5-15(6-8-18)19-14-27(13-17-3-2-4-20(24)21(17)25)22-16-9-11-26(12-10-16)23(19)22/h2-8,16,19,22-23H,9-14H2,1H3/t19-,22+,23+/m0/s1. The molecule has 0 aromatic heterocycles. The number of benzene rings is 2. The summed E-state index contributed by atoms with van der Waals surface area (Å²) in [6.07, 6.45) is 2.41. The average molecular weight is 384 g/mol. The van der Waals surface area contributed by atoms with Gasteiger partial charge in [0.05, 0.1) is 7.11 Å². The molecule has 3 nitrogen and oxygen atoms in total. The zero-order chi connectivity index (χ0) is 19.3. The van der Waals surface area contributed by atoms with Crippen molar-refractivity contribution in [1.29, 1.82) is 0 Å². The maximum Gasteiger partial charge on any atom is 0.163 e. The first-order chi connectivity index (χ1) is 13.7. The molecular formula is C23H26F2N2O. The molecule has 4 aliphatic heterocycles. The van der Waals surface area contributed by atoms with E-state index < -0.39 is 11.6 Å². The fraction of sp³-hybridized carbons (Fsp3) is 0.478. The Kier molecular flexibility index (Phi) is 4.60. The van der Waals surface area contributed by atoms with Gasteiger partial charge in [-0.3, -0.25) is 9.80 Å². The quantitative estimate of drug-likeness (QED) is 0.791. The topological polar surface area (TPSA) is 15.7 Å². The van der Waals surface area contributed by atoms with E-state index in [0.717, 1.165) is 25.4 Å². The van der Waals surface area contributed by atoms with E-state index in [0.29, 0.717) is 36.0 Å². The molecule has 0 radical (unpaired) electrons. The van der Waals surface area contributed by atoms with Gasteiger partial charge in [0.2, 0.25) is 0 Å². The van der Waals surface area contributed by atoms with Gasteiger partial charge in [0.1, 0.15) is 5.75 Å². The minimum Gasteiger partial charge on any atom is -0.497 e. The smallest absolute Gasteiger partial charge is 0.163 e. The van der Waals surface area contributed by atoms with Crippen molar-refractivity contribution < 1.29 is 13.5 Å². The largest absolute Gasteiger partial charge is 0.497 e. The molecule has 2 aromatic rings. The molecule has 4 aliphatic rings. The number of hydrogen-bond acceptors (Lipinski definition) is 3. The molecule has 0 N–H and O–H groups in total. The van der Waals surface area contributed by atoms with E-state index in [9.17, 15) is 8.78 Å². The third-order valence-electron chi connectivity index (χ3n) is 7.04. The summed E-state index contributed by atoms with van der Waals surface area (Å²) in [5.74, 6) is 0.440. The van der Waals surface area contributed by atoms with E-state index in [2.05, 4.69) is 21.9 Å². The maximum absolute atomic E-state index is 14.3. The number of nitrogens with zero attached hydrogens (tertiary/aromatic N) is 2. The Bertz CT molecular complexity index is 848. The monoisotopic (exact) mass is 384 g/mol. The fourth-order valence-corrected chi connectivity index (χ4v) is 5.76. The molecule has 0 aliphatic carbocycles. The Balaban J connectivity index is 1.47. The molecule has 6 rings (SSSR count). The lowest BCUT2D eigenvalue weighted by atomic mass is 9.75. The summed E-state index contributed by atoms with van der Waals surface area (Å²) in [5.41, 5.74) is 1.77. The van der Waals surface area contributed by atoms with Crippen LogP contribution in [0.5, 0.6) is 5.75 Å². The van der Waals surface area contributed by atoms with Gasteiger partial charge >= 0.3 is 0 Å². The molecular weight excluding hydrogens is 358 g/mol. The summed E-state index contributed by atoms with van der Waals surface area (Å²) in [7, 11) is 1.68. The number of rotatable bonds is 4. The van der Waals surface area contributed by atoms with Gasteiger partial charge in [-0.15, -0.1) is 0 Å². The molecule has 148 valence electrons. The molecule has 4 heterocycles. The molecule has 0 unspecified atom stereocenters. The number of hydrogen-bond donors (Lipinski definition) is 0. The first kappa shape index (κ1) is 18.1. The molecule has 4 fully saturated rings. The number of ether oxygens (including phenoxy) is 1. The van der Waals surface area contributed by atoms with Crippen LogP contribution in [0.2, 0.25) is 0 Å². The number of halogens is 2. The van der Waals surface area contributed by atoms with Crippen LogP contribution < -0.4 is 4.74 Å². The second-order valence-corrected chi connectivity index (χ2v) is 8.38. The molecule has 0 spiro atoms. The molecule has 3 atom stereocenters. The molecule has 2 aromatic carbocycles. The summed E-state index contributed by atoms with van der Waals surface area (Å²) in [4.78, 5) is 5.04. The highest BCUT2D eigenvalue weighted by Crippen LogP contribution is 2.47. The first-order valence-electron chi connectivity index (χ1n) is 10.2. The number of fused-ring (bicyclic) bond motifs is 2. The second kappa shape index (κ2) is 7.12. The molecule has 0 saturated carbocycles. The van der Waals surface area contributed by atoms with Crippen LogP contribution in [-0.2, 0) is 6.54 Å². The minimum atomic E-state index is -0.756. The highest BCUT2D eigenvalue weighted by atomic mass is 19.2. The summed E-state index contributed by atoms with van der Waals surface area (Å²) in [6.45, 7) is 3.66. The molecule has 28 heavy (non-hydrogen) atoms. The zero-order valence-electron chi connectivity index (χ0n) is 16.2. The van der Waals surface area contributed by atoms with E-state index in [-0.39, 0.29) is 0 Å². The van der Waals surface area contributed by atoms with Gasteiger partial charge in [-0.05, 0) is 55.6 Å². The van der Waals surface area contributed by atoms with Crippen LogP contribution >= 0.6 is 0 Å². The van der Waals surface area contributed by atoms with Crippen LogP contribution in [0, 0.1) is 17.6 Å². The molecule has 2 bridgehead atoms. The van der Waals surface area contributed by atoms with E-state index >= 15 is 0 Å². The van der Waals surface area contributed by atoms with Crippen molar-refractivity contribution in [3.8, 4) is 5.75 Å². The highest BCUT2D eigenvalue weighted by Gasteiger charge is 2.53. The first-order valence-corrected chi connectivity index (χ1v) is 10.2. The molecule has 0 amide bonds. The van der Waals surface area contributed by atoms with E-state index in [4.69, 9.17) is 4.74 Å². The van der Waals surface area contributed by atoms with Gasteiger partial charge in [-0.25, -0.2) is 8.78 Å². The summed E-state index contributed by atoms with van der Waals surface area (Å²) in [6, 6.07) is 13.8. The fourth-order valence-electron chi connectivity index (χ4n) is 5.76. The molecule has 4 saturated heterocycles. The van der Waals surface area contributed by atoms with Crippen molar-refractivity contribution in [2.24, 2.45) is 5.92 Å². The number of likely N-dealkylation sites (tertiary alicyclic amines) is 1. The normalized spacial score (nSPS) is 31.8. The van der Waals surface area contributed by atoms with Gasteiger partial charge in [0, 0.05) is 36.7 Å². The predicted molar refractivity (Wildman–Crippen MR) is 104 cm³/mol. The van der Waals surface area contributed by atoms with E-state index in [1.165, 1.54) is 24.5 Å². The zero-order valence-corrected chi connectivity index (χ0v) is 16.2.